The van der Waals surface area contributed by atoms with Gasteiger partial charge in [-0.15, -0.1) is 11.3 Å². The Labute approximate surface area is 106 Å². The highest BCUT2D eigenvalue weighted by Gasteiger charge is 2.05. The molecule has 0 aliphatic carbocycles. The third kappa shape index (κ3) is 3.05. The Morgan fingerprint density at radius 3 is 2.41 bits per heavy atom. The lowest BCUT2D eigenvalue weighted by atomic mass is 10.1. The van der Waals surface area contributed by atoms with Gasteiger partial charge >= 0.3 is 0 Å². The molecule has 0 saturated carbocycles. The predicted molar refractivity (Wildman–Crippen MR) is 73.3 cm³/mol. The first-order chi connectivity index (χ1) is 8.19. The highest BCUT2D eigenvalue weighted by molar-refractivity contribution is 7.13. The molecular formula is C13H17N3S. The molecule has 0 saturated heterocycles. The lowest BCUT2D eigenvalue weighted by Crippen LogP contribution is -2.16. The molecule has 3 nitrogen and oxygen atoms in total. The van der Waals surface area contributed by atoms with E-state index in [1.807, 2.05) is 6.92 Å². The Morgan fingerprint density at radius 2 is 1.88 bits per heavy atom. The van der Waals surface area contributed by atoms with Crippen molar-refractivity contribution in [2.45, 2.75) is 20.0 Å². The van der Waals surface area contributed by atoms with Crippen LogP contribution in [0.1, 0.15) is 16.8 Å². The van der Waals surface area contributed by atoms with E-state index in [2.05, 4.69) is 46.6 Å². The summed E-state index contributed by atoms with van der Waals surface area (Å²) in [5.41, 5.74) is 9.10. The summed E-state index contributed by atoms with van der Waals surface area (Å²) in [7, 11) is 2.06. The van der Waals surface area contributed by atoms with Crippen molar-refractivity contribution in [2.75, 3.05) is 11.9 Å². The smallest absolute Gasteiger partial charge is 0.185 e. The first-order valence-corrected chi connectivity index (χ1v) is 6.48. The number of anilines is 1. The minimum Gasteiger partial charge on any atom is -0.347 e. The zero-order valence-electron chi connectivity index (χ0n) is 10.2. The fourth-order valence-corrected chi connectivity index (χ4v) is 2.41. The van der Waals surface area contributed by atoms with Gasteiger partial charge in [0.1, 0.15) is 0 Å². The Hall–Kier alpha value is -1.39. The van der Waals surface area contributed by atoms with Crippen LogP contribution >= 0.6 is 11.3 Å². The monoisotopic (exact) mass is 247 g/mol. The first kappa shape index (κ1) is 12.1. The molecule has 1 aromatic heterocycles. The summed E-state index contributed by atoms with van der Waals surface area (Å²) in [5.74, 6) is 0. The van der Waals surface area contributed by atoms with Crippen molar-refractivity contribution >= 4 is 16.5 Å². The predicted octanol–water partition coefficient (Wildman–Crippen LogP) is 2.55. The quantitative estimate of drug-likeness (QED) is 0.903. The van der Waals surface area contributed by atoms with Crippen LogP contribution in [0.3, 0.4) is 0 Å². The molecule has 0 aliphatic rings. The lowest BCUT2D eigenvalue weighted by molar-refractivity contribution is 0.909. The summed E-state index contributed by atoms with van der Waals surface area (Å²) < 4.78 is 0. The molecule has 0 radical (unpaired) electrons. The molecule has 1 aromatic carbocycles. The largest absolute Gasteiger partial charge is 0.347 e. The van der Waals surface area contributed by atoms with Gasteiger partial charge in [-0.1, -0.05) is 24.3 Å². The molecule has 0 amide bonds. The fraction of sp³-hybridized carbons (Fsp3) is 0.308. The lowest BCUT2D eigenvalue weighted by Gasteiger charge is -2.15. The van der Waals surface area contributed by atoms with E-state index >= 15 is 0 Å². The summed E-state index contributed by atoms with van der Waals surface area (Å²) in [4.78, 5) is 6.63. The average Bonchev–Trinajstić information content (AvgIpc) is 2.77. The summed E-state index contributed by atoms with van der Waals surface area (Å²) in [6, 6.07) is 8.41. The minimum atomic E-state index is 0.599. The van der Waals surface area contributed by atoms with Gasteiger partial charge in [-0.25, -0.2) is 4.98 Å². The molecule has 17 heavy (non-hydrogen) atoms. The normalized spacial score (nSPS) is 10.5. The van der Waals surface area contributed by atoms with Crippen molar-refractivity contribution in [1.29, 1.82) is 0 Å². The van der Waals surface area contributed by atoms with E-state index in [-0.39, 0.29) is 0 Å². The van der Waals surface area contributed by atoms with Crippen molar-refractivity contribution < 1.29 is 0 Å². The Balaban J connectivity index is 2.04. The SMILES string of the molecule is Cc1csc(N(C)Cc2ccc(CN)cc2)n1. The molecule has 0 aliphatic heterocycles. The number of aryl methyl sites for hydroxylation is 1. The van der Waals surface area contributed by atoms with Gasteiger partial charge in [0.05, 0.1) is 5.69 Å². The van der Waals surface area contributed by atoms with E-state index in [0.29, 0.717) is 6.54 Å². The Bertz CT molecular complexity index is 476. The van der Waals surface area contributed by atoms with Gasteiger partial charge in [0.15, 0.2) is 5.13 Å². The number of rotatable bonds is 4. The highest BCUT2D eigenvalue weighted by Crippen LogP contribution is 2.20. The van der Waals surface area contributed by atoms with Crippen LogP contribution in [0.5, 0.6) is 0 Å². The van der Waals surface area contributed by atoms with Gasteiger partial charge in [-0.3, -0.25) is 0 Å². The first-order valence-electron chi connectivity index (χ1n) is 5.60. The maximum Gasteiger partial charge on any atom is 0.185 e. The minimum absolute atomic E-state index is 0.599. The van der Waals surface area contributed by atoms with E-state index in [1.165, 1.54) is 11.1 Å². The van der Waals surface area contributed by atoms with Gasteiger partial charge < -0.3 is 10.6 Å². The third-order valence-electron chi connectivity index (χ3n) is 2.61. The van der Waals surface area contributed by atoms with Crippen LogP contribution in [-0.2, 0) is 13.1 Å². The molecule has 2 N–H and O–H groups in total. The van der Waals surface area contributed by atoms with Crippen LogP contribution < -0.4 is 10.6 Å². The Kier molecular flexibility index (Phi) is 3.76. The van der Waals surface area contributed by atoms with Gasteiger partial charge in [0.25, 0.3) is 0 Å². The van der Waals surface area contributed by atoms with Crippen LogP contribution in [0.2, 0.25) is 0 Å². The molecule has 0 unspecified atom stereocenters. The molecule has 4 heteroatoms. The van der Waals surface area contributed by atoms with E-state index in [4.69, 9.17) is 5.73 Å². The van der Waals surface area contributed by atoms with E-state index in [9.17, 15) is 0 Å². The highest BCUT2D eigenvalue weighted by atomic mass is 32.1. The van der Waals surface area contributed by atoms with Crippen molar-refractivity contribution in [3.8, 4) is 0 Å². The topological polar surface area (TPSA) is 42.1 Å². The van der Waals surface area contributed by atoms with Crippen molar-refractivity contribution in [1.82, 2.24) is 4.98 Å². The molecule has 1 heterocycles. The van der Waals surface area contributed by atoms with Crippen LogP contribution in [0.4, 0.5) is 5.13 Å². The number of benzene rings is 1. The Morgan fingerprint density at radius 1 is 1.24 bits per heavy atom. The number of hydrogen-bond acceptors (Lipinski definition) is 4. The van der Waals surface area contributed by atoms with Crippen LogP contribution in [-0.4, -0.2) is 12.0 Å². The summed E-state index contributed by atoms with van der Waals surface area (Å²) in [6.07, 6.45) is 0. The second-order valence-corrected chi connectivity index (χ2v) is 4.98. The molecule has 90 valence electrons. The maximum atomic E-state index is 5.58. The number of nitrogens with zero attached hydrogens (tertiary/aromatic N) is 2. The molecule has 2 rings (SSSR count). The second kappa shape index (κ2) is 5.29. The molecule has 0 spiro atoms. The van der Waals surface area contributed by atoms with Crippen molar-refractivity contribution in [2.24, 2.45) is 5.73 Å². The average molecular weight is 247 g/mol. The van der Waals surface area contributed by atoms with Gasteiger partial charge in [0.2, 0.25) is 0 Å². The van der Waals surface area contributed by atoms with Crippen LogP contribution in [0.25, 0.3) is 0 Å². The number of aromatic nitrogens is 1. The van der Waals surface area contributed by atoms with E-state index < -0.39 is 0 Å². The van der Waals surface area contributed by atoms with Crippen LogP contribution in [0.15, 0.2) is 29.6 Å². The zero-order chi connectivity index (χ0) is 12.3. The molecule has 0 fully saturated rings. The zero-order valence-corrected chi connectivity index (χ0v) is 11.0. The standard InChI is InChI=1S/C13H17N3S/c1-10-9-17-13(15-10)16(2)8-12-5-3-11(7-14)4-6-12/h3-6,9H,7-8,14H2,1-2H3. The molecule has 0 atom stereocenters. The summed E-state index contributed by atoms with van der Waals surface area (Å²) >= 11 is 1.68. The summed E-state index contributed by atoms with van der Waals surface area (Å²) in [6.45, 7) is 3.49. The van der Waals surface area contributed by atoms with Crippen molar-refractivity contribution in [3.63, 3.8) is 0 Å². The van der Waals surface area contributed by atoms with Crippen molar-refractivity contribution in [3.05, 3.63) is 46.5 Å². The molecular weight excluding hydrogens is 230 g/mol. The number of hydrogen-bond donors (Lipinski definition) is 1. The maximum absolute atomic E-state index is 5.58. The molecule has 2 aromatic rings. The summed E-state index contributed by atoms with van der Waals surface area (Å²) in [5, 5.41) is 3.13. The number of thiazole rings is 1. The second-order valence-electron chi connectivity index (χ2n) is 4.15. The van der Waals surface area contributed by atoms with Crippen LogP contribution in [0, 0.1) is 6.92 Å². The van der Waals surface area contributed by atoms with Gasteiger partial charge in [-0.2, -0.15) is 0 Å². The van der Waals surface area contributed by atoms with E-state index in [0.717, 1.165) is 17.4 Å². The third-order valence-corrected chi connectivity index (χ3v) is 3.68. The fourth-order valence-electron chi connectivity index (χ4n) is 1.64. The van der Waals surface area contributed by atoms with Gasteiger partial charge in [-0.05, 0) is 18.1 Å². The van der Waals surface area contributed by atoms with E-state index in [1.54, 1.807) is 11.3 Å². The van der Waals surface area contributed by atoms with Gasteiger partial charge in [0, 0.05) is 25.5 Å². The number of nitrogens with two attached hydrogens (primary N) is 1. The molecule has 0 bridgehead atoms.